The van der Waals surface area contributed by atoms with E-state index in [1.165, 1.54) is 6.07 Å². The molecule has 0 aliphatic heterocycles. The standard InChI is InChI=1S/C10H12BrFO/c1-7(13)2-3-8-6-9(11)4-5-10(8)12/h4-7,13H,2-3H2,1H3. The lowest BCUT2D eigenvalue weighted by atomic mass is 10.1. The molecule has 0 aromatic heterocycles. The number of aliphatic hydroxyl groups excluding tert-OH is 1. The van der Waals surface area contributed by atoms with Gasteiger partial charge >= 0.3 is 0 Å². The van der Waals surface area contributed by atoms with Crippen molar-refractivity contribution >= 4 is 15.9 Å². The summed E-state index contributed by atoms with van der Waals surface area (Å²) in [5.74, 6) is -0.205. The fraction of sp³-hybridized carbons (Fsp3) is 0.400. The Labute approximate surface area is 85.7 Å². The van der Waals surface area contributed by atoms with Gasteiger partial charge < -0.3 is 5.11 Å². The van der Waals surface area contributed by atoms with Gasteiger partial charge in [-0.05, 0) is 43.5 Å². The van der Waals surface area contributed by atoms with Crippen LogP contribution < -0.4 is 0 Å². The van der Waals surface area contributed by atoms with Crippen LogP contribution in [0.3, 0.4) is 0 Å². The first-order valence-electron chi connectivity index (χ1n) is 4.21. The van der Waals surface area contributed by atoms with Gasteiger partial charge in [-0.25, -0.2) is 4.39 Å². The van der Waals surface area contributed by atoms with Crippen LogP contribution in [0.5, 0.6) is 0 Å². The molecule has 1 nitrogen and oxygen atoms in total. The summed E-state index contributed by atoms with van der Waals surface area (Å²) < 4.78 is 14.0. The van der Waals surface area contributed by atoms with Crippen molar-refractivity contribution < 1.29 is 9.50 Å². The number of rotatable bonds is 3. The molecule has 0 spiro atoms. The molecule has 0 heterocycles. The first-order chi connectivity index (χ1) is 6.09. The Morgan fingerprint density at radius 1 is 1.54 bits per heavy atom. The summed E-state index contributed by atoms with van der Waals surface area (Å²) in [7, 11) is 0. The molecule has 0 fully saturated rings. The van der Waals surface area contributed by atoms with Crippen LogP contribution >= 0.6 is 15.9 Å². The van der Waals surface area contributed by atoms with Crippen LogP contribution in [0.1, 0.15) is 18.9 Å². The number of aryl methyl sites for hydroxylation is 1. The van der Waals surface area contributed by atoms with Gasteiger partial charge in [-0.1, -0.05) is 15.9 Å². The molecule has 1 unspecified atom stereocenters. The first-order valence-corrected chi connectivity index (χ1v) is 5.01. The highest BCUT2D eigenvalue weighted by Gasteiger charge is 2.04. The van der Waals surface area contributed by atoms with Gasteiger partial charge in [0.25, 0.3) is 0 Å². The lowest BCUT2D eigenvalue weighted by Crippen LogP contribution is -2.02. The molecule has 1 rings (SSSR count). The number of halogens is 2. The Morgan fingerprint density at radius 3 is 2.85 bits per heavy atom. The summed E-state index contributed by atoms with van der Waals surface area (Å²) >= 11 is 3.27. The molecule has 72 valence electrons. The van der Waals surface area contributed by atoms with Crippen molar-refractivity contribution in [3.05, 3.63) is 34.1 Å². The molecule has 1 aromatic carbocycles. The van der Waals surface area contributed by atoms with E-state index in [0.717, 1.165) is 4.47 Å². The molecule has 0 bridgehead atoms. The highest BCUT2D eigenvalue weighted by Crippen LogP contribution is 2.17. The van der Waals surface area contributed by atoms with Crippen LogP contribution in [-0.2, 0) is 6.42 Å². The third kappa shape index (κ3) is 3.44. The highest BCUT2D eigenvalue weighted by molar-refractivity contribution is 9.10. The van der Waals surface area contributed by atoms with Gasteiger partial charge in [-0.2, -0.15) is 0 Å². The molecule has 0 amide bonds. The maximum Gasteiger partial charge on any atom is 0.126 e. The Hall–Kier alpha value is -0.410. The fourth-order valence-corrected chi connectivity index (χ4v) is 1.51. The maximum absolute atomic E-state index is 13.1. The van der Waals surface area contributed by atoms with Crippen molar-refractivity contribution in [2.24, 2.45) is 0 Å². The number of aliphatic hydroxyl groups is 1. The van der Waals surface area contributed by atoms with Gasteiger partial charge in [-0.15, -0.1) is 0 Å². The van der Waals surface area contributed by atoms with E-state index >= 15 is 0 Å². The van der Waals surface area contributed by atoms with Crippen molar-refractivity contribution in [2.45, 2.75) is 25.9 Å². The smallest absolute Gasteiger partial charge is 0.126 e. The van der Waals surface area contributed by atoms with Crippen LogP contribution in [0.15, 0.2) is 22.7 Å². The molecule has 0 radical (unpaired) electrons. The van der Waals surface area contributed by atoms with E-state index in [2.05, 4.69) is 15.9 Å². The molecule has 0 aliphatic rings. The zero-order chi connectivity index (χ0) is 9.84. The molecular weight excluding hydrogens is 235 g/mol. The van der Waals surface area contributed by atoms with E-state index in [1.807, 2.05) is 0 Å². The average molecular weight is 247 g/mol. The SMILES string of the molecule is CC(O)CCc1cc(Br)ccc1F. The number of benzene rings is 1. The minimum Gasteiger partial charge on any atom is -0.393 e. The third-order valence-electron chi connectivity index (χ3n) is 1.84. The zero-order valence-electron chi connectivity index (χ0n) is 7.43. The number of hydrogen-bond donors (Lipinski definition) is 1. The Bertz CT molecular complexity index is 286. The lowest BCUT2D eigenvalue weighted by Gasteiger charge is -2.05. The van der Waals surface area contributed by atoms with Gasteiger partial charge in [0.15, 0.2) is 0 Å². The predicted molar refractivity (Wildman–Crippen MR) is 54.1 cm³/mol. The normalized spacial score (nSPS) is 12.9. The average Bonchev–Trinajstić information content (AvgIpc) is 2.06. The minimum absolute atomic E-state index is 0.205. The largest absolute Gasteiger partial charge is 0.393 e. The van der Waals surface area contributed by atoms with E-state index in [4.69, 9.17) is 5.11 Å². The molecule has 3 heteroatoms. The second-order valence-corrected chi connectivity index (χ2v) is 4.04. The van der Waals surface area contributed by atoms with Crippen LogP contribution in [-0.4, -0.2) is 11.2 Å². The quantitative estimate of drug-likeness (QED) is 0.870. The van der Waals surface area contributed by atoms with Crippen molar-refractivity contribution in [3.8, 4) is 0 Å². The van der Waals surface area contributed by atoms with Crippen molar-refractivity contribution in [1.82, 2.24) is 0 Å². The molecule has 1 N–H and O–H groups in total. The Morgan fingerprint density at radius 2 is 2.23 bits per heavy atom. The van der Waals surface area contributed by atoms with E-state index in [9.17, 15) is 4.39 Å². The van der Waals surface area contributed by atoms with Crippen LogP contribution in [0.25, 0.3) is 0 Å². The highest BCUT2D eigenvalue weighted by atomic mass is 79.9. The summed E-state index contributed by atoms with van der Waals surface area (Å²) in [5.41, 5.74) is 0.648. The maximum atomic E-state index is 13.1. The first kappa shape index (κ1) is 10.7. The van der Waals surface area contributed by atoms with E-state index < -0.39 is 0 Å². The van der Waals surface area contributed by atoms with Gasteiger partial charge in [0.2, 0.25) is 0 Å². The molecule has 0 aliphatic carbocycles. The summed E-state index contributed by atoms with van der Waals surface area (Å²) in [5, 5.41) is 9.04. The molecule has 0 saturated carbocycles. The van der Waals surface area contributed by atoms with Gasteiger partial charge in [0.1, 0.15) is 5.82 Å². The summed E-state index contributed by atoms with van der Waals surface area (Å²) in [6.45, 7) is 1.70. The van der Waals surface area contributed by atoms with Gasteiger partial charge in [0.05, 0.1) is 6.10 Å². The molecule has 0 saturated heterocycles. The van der Waals surface area contributed by atoms with Crippen molar-refractivity contribution in [3.63, 3.8) is 0 Å². The zero-order valence-corrected chi connectivity index (χ0v) is 9.01. The third-order valence-corrected chi connectivity index (χ3v) is 2.33. The van der Waals surface area contributed by atoms with Crippen LogP contribution in [0, 0.1) is 5.82 Å². The number of hydrogen-bond acceptors (Lipinski definition) is 1. The molecule has 1 aromatic rings. The Kier molecular flexibility index (Phi) is 3.88. The molecular formula is C10H12BrFO. The van der Waals surface area contributed by atoms with Gasteiger partial charge in [0, 0.05) is 4.47 Å². The molecule has 13 heavy (non-hydrogen) atoms. The van der Waals surface area contributed by atoms with Crippen LogP contribution in [0.2, 0.25) is 0 Å². The van der Waals surface area contributed by atoms with Gasteiger partial charge in [-0.3, -0.25) is 0 Å². The van der Waals surface area contributed by atoms with Crippen molar-refractivity contribution in [1.29, 1.82) is 0 Å². The topological polar surface area (TPSA) is 20.2 Å². The lowest BCUT2D eigenvalue weighted by molar-refractivity contribution is 0.184. The summed E-state index contributed by atoms with van der Waals surface area (Å²) in [6, 6.07) is 4.85. The second kappa shape index (κ2) is 4.72. The Balaban J connectivity index is 2.70. The van der Waals surface area contributed by atoms with Crippen LogP contribution in [0.4, 0.5) is 4.39 Å². The summed E-state index contributed by atoms with van der Waals surface area (Å²) in [4.78, 5) is 0. The fourth-order valence-electron chi connectivity index (χ4n) is 1.10. The monoisotopic (exact) mass is 246 g/mol. The van der Waals surface area contributed by atoms with Crippen molar-refractivity contribution in [2.75, 3.05) is 0 Å². The second-order valence-electron chi connectivity index (χ2n) is 3.12. The van der Waals surface area contributed by atoms with E-state index in [0.29, 0.717) is 18.4 Å². The predicted octanol–water partition coefficient (Wildman–Crippen LogP) is 2.90. The van der Waals surface area contributed by atoms with E-state index in [-0.39, 0.29) is 11.9 Å². The minimum atomic E-state index is -0.376. The summed E-state index contributed by atoms with van der Waals surface area (Å²) in [6.07, 6.45) is 0.787. The molecule has 1 atom stereocenters. The van der Waals surface area contributed by atoms with E-state index in [1.54, 1.807) is 19.1 Å².